The van der Waals surface area contributed by atoms with Crippen LogP contribution in [0.1, 0.15) is 19.8 Å². The van der Waals surface area contributed by atoms with Gasteiger partial charge < -0.3 is 10.5 Å². The predicted octanol–water partition coefficient (Wildman–Crippen LogP) is 2.63. The van der Waals surface area contributed by atoms with Gasteiger partial charge in [-0.1, -0.05) is 22.9 Å². The highest BCUT2D eigenvalue weighted by Crippen LogP contribution is 2.34. The van der Waals surface area contributed by atoms with Crippen molar-refractivity contribution in [2.24, 2.45) is 11.7 Å². The van der Waals surface area contributed by atoms with Crippen molar-refractivity contribution in [2.75, 3.05) is 20.2 Å². The number of ether oxygens (including phenoxy) is 1. The van der Waals surface area contributed by atoms with E-state index < -0.39 is 10.0 Å². The molecule has 0 amide bonds. The number of nitrogens with zero attached hydrogens (tertiary/aromatic N) is 1. The Morgan fingerprint density at radius 3 is 2.73 bits per heavy atom. The van der Waals surface area contributed by atoms with Gasteiger partial charge >= 0.3 is 0 Å². The first-order valence-electron chi connectivity index (χ1n) is 6.97. The first kappa shape index (κ1) is 19.7. The van der Waals surface area contributed by atoms with Crippen molar-refractivity contribution >= 4 is 38.4 Å². The number of piperidine rings is 1. The molecule has 5 nitrogen and oxygen atoms in total. The zero-order valence-electron chi connectivity index (χ0n) is 12.7. The molecule has 2 N–H and O–H groups in total. The van der Waals surface area contributed by atoms with E-state index in [0.29, 0.717) is 23.3 Å². The molecule has 1 aliphatic heterocycles. The van der Waals surface area contributed by atoms with Crippen LogP contribution in [0, 0.1) is 5.92 Å². The lowest BCUT2D eigenvalue weighted by Crippen LogP contribution is -2.51. The minimum Gasteiger partial charge on any atom is -0.495 e. The van der Waals surface area contributed by atoms with Crippen LogP contribution in [-0.4, -0.2) is 39.0 Å². The summed E-state index contributed by atoms with van der Waals surface area (Å²) in [6.07, 6.45) is 1.86. The third kappa shape index (κ3) is 3.76. The molecule has 1 heterocycles. The number of hydrogen-bond acceptors (Lipinski definition) is 4. The summed E-state index contributed by atoms with van der Waals surface area (Å²) in [7, 11) is -2.15. The highest BCUT2D eigenvalue weighted by molar-refractivity contribution is 9.10. The summed E-state index contributed by atoms with van der Waals surface area (Å²) in [6, 6.07) is 4.84. The Hall–Kier alpha value is -0.340. The Labute approximate surface area is 146 Å². The van der Waals surface area contributed by atoms with E-state index in [0.717, 1.165) is 12.8 Å². The van der Waals surface area contributed by atoms with Crippen molar-refractivity contribution in [2.45, 2.75) is 30.7 Å². The van der Waals surface area contributed by atoms with E-state index in [1.165, 1.54) is 11.4 Å². The summed E-state index contributed by atoms with van der Waals surface area (Å²) in [5.41, 5.74) is 5.81. The van der Waals surface area contributed by atoms with Gasteiger partial charge in [0.2, 0.25) is 10.0 Å². The van der Waals surface area contributed by atoms with Gasteiger partial charge in [-0.2, -0.15) is 4.31 Å². The zero-order valence-corrected chi connectivity index (χ0v) is 15.9. The molecule has 1 saturated heterocycles. The van der Waals surface area contributed by atoms with Crippen LogP contribution < -0.4 is 10.5 Å². The number of benzene rings is 1. The van der Waals surface area contributed by atoms with E-state index in [9.17, 15) is 8.42 Å². The third-order valence-corrected chi connectivity index (χ3v) is 6.46. The number of halogens is 2. The summed E-state index contributed by atoms with van der Waals surface area (Å²) < 4.78 is 33.5. The molecule has 1 fully saturated rings. The van der Waals surface area contributed by atoms with Crippen molar-refractivity contribution in [1.29, 1.82) is 0 Å². The summed E-state index contributed by atoms with van der Waals surface area (Å²) in [5, 5.41) is 0. The van der Waals surface area contributed by atoms with Crippen LogP contribution in [0.15, 0.2) is 27.6 Å². The molecule has 2 unspecified atom stereocenters. The fourth-order valence-corrected chi connectivity index (χ4v) is 5.30. The van der Waals surface area contributed by atoms with E-state index in [1.54, 1.807) is 18.2 Å². The maximum atomic E-state index is 13.0. The molecule has 0 bridgehead atoms. The molecule has 0 radical (unpaired) electrons. The lowest BCUT2D eigenvalue weighted by Gasteiger charge is -2.38. The van der Waals surface area contributed by atoms with Gasteiger partial charge in [0.1, 0.15) is 10.6 Å². The number of nitrogens with two attached hydrogens (primary N) is 1. The van der Waals surface area contributed by atoms with Gasteiger partial charge in [0.25, 0.3) is 0 Å². The standard InChI is InChI=1S/C14H21BrN2O3S.ClH/c1-10-4-3-7-17(12(10)9-16)21(18,19)14-8-11(15)5-6-13(14)20-2;/h5-6,8,10,12H,3-4,7,9,16H2,1-2H3;1H. The van der Waals surface area contributed by atoms with E-state index in [2.05, 4.69) is 22.9 Å². The van der Waals surface area contributed by atoms with E-state index in [1.807, 2.05) is 0 Å². The Morgan fingerprint density at radius 1 is 1.45 bits per heavy atom. The lowest BCUT2D eigenvalue weighted by molar-refractivity contribution is 0.192. The lowest BCUT2D eigenvalue weighted by atomic mass is 9.93. The summed E-state index contributed by atoms with van der Waals surface area (Å²) >= 11 is 3.32. The van der Waals surface area contributed by atoms with Gasteiger partial charge in [0.05, 0.1) is 7.11 Å². The minimum atomic E-state index is -3.62. The third-order valence-electron chi connectivity index (χ3n) is 4.02. The Morgan fingerprint density at radius 2 is 2.14 bits per heavy atom. The van der Waals surface area contributed by atoms with Crippen LogP contribution in [-0.2, 0) is 10.0 Å². The van der Waals surface area contributed by atoms with Crippen LogP contribution in [0.2, 0.25) is 0 Å². The second kappa shape index (κ2) is 7.97. The maximum Gasteiger partial charge on any atom is 0.247 e. The van der Waals surface area contributed by atoms with Crippen LogP contribution in [0.5, 0.6) is 5.75 Å². The molecule has 22 heavy (non-hydrogen) atoms. The second-order valence-corrected chi connectivity index (χ2v) is 8.11. The SMILES string of the molecule is COc1ccc(Br)cc1S(=O)(=O)N1CCCC(C)C1CN.Cl. The number of methoxy groups -OCH3 is 1. The highest BCUT2D eigenvalue weighted by Gasteiger charge is 2.37. The van der Waals surface area contributed by atoms with Crippen molar-refractivity contribution < 1.29 is 13.2 Å². The summed E-state index contributed by atoms with van der Waals surface area (Å²) in [4.78, 5) is 0.187. The van der Waals surface area contributed by atoms with Crippen LogP contribution >= 0.6 is 28.3 Å². The molecular weight excluding hydrogens is 392 g/mol. The summed E-state index contributed by atoms with van der Waals surface area (Å²) in [6.45, 7) is 2.89. The van der Waals surface area contributed by atoms with Gasteiger partial charge in [0.15, 0.2) is 0 Å². The molecule has 0 spiro atoms. The van der Waals surface area contributed by atoms with Crippen molar-refractivity contribution in [3.63, 3.8) is 0 Å². The van der Waals surface area contributed by atoms with Crippen molar-refractivity contribution in [1.82, 2.24) is 4.31 Å². The normalized spacial score (nSPS) is 22.9. The Kier molecular flexibility index (Phi) is 7.14. The van der Waals surface area contributed by atoms with Gasteiger partial charge in [-0.3, -0.25) is 0 Å². The van der Waals surface area contributed by atoms with Crippen LogP contribution in [0.3, 0.4) is 0 Å². The zero-order chi connectivity index (χ0) is 15.6. The largest absolute Gasteiger partial charge is 0.495 e. The van der Waals surface area contributed by atoms with Crippen LogP contribution in [0.4, 0.5) is 0 Å². The monoisotopic (exact) mass is 412 g/mol. The molecule has 2 atom stereocenters. The molecule has 1 aromatic carbocycles. The van der Waals surface area contributed by atoms with Crippen molar-refractivity contribution in [3.8, 4) is 5.75 Å². The average molecular weight is 414 g/mol. The average Bonchev–Trinajstić information content (AvgIpc) is 2.46. The van der Waals surface area contributed by atoms with E-state index in [-0.39, 0.29) is 29.3 Å². The topological polar surface area (TPSA) is 72.6 Å². The van der Waals surface area contributed by atoms with Crippen molar-refractivity contribution in [3.05, 3.63) is 22.7 Å². The summed E-state index contributed by atoms with van der Waals surface area (Å²) in [5.74, 6) is 0.615. The van der Waals surface area contributed by atoms with E-state index >= 15 is 0 Å². The quantitative estimate of drug-likeness (QED) is 0.823. The fourth-order valence-electron chi connectivity index (χ4n) is 2.84. The molecule has 0 aromatic heterocycles. The molecule has 0 aliphatic carbocycles. The fraction of sp³-hybridized carbons (Fsp3) is 0.571. The smallest absolute Gasteiger partial charge is 0.247 e. The van der Waals surface area contributed by atoms with Gasteiger partial charge in [-0.25, -0.2) is 8.42 Å². The number of rotatable bonds is 4. The molecule has 8 heteroatoms. The first-order chi connectivity index (χ1) is 9.91. The number of hydrogen-bond donors (Lipinski definition) is 1. The van der Waals surface area contributed by atoms with Gasteiger partial charge in [0, 0.05) is 23.6 Å². The molecule has 1 aliphatic rings. The Bertz CT molecular complexity index is 612. The molecular formula is C14H22BrClN2O3S. The number of sulfonamides is 1. The van der Waals surface area contributed by atoms with Gasteiger partial charge in [-0.05, 0) is 37.0 Å². The van der Waals surface area contributed by atoms with Gasteiger partial charge in [-0.15, -0.1) is 12.4 Å². The van der Waals surface area contributed by atoms with Crippen LogP contribution in [0.25, 0.3) is 0 Å². The molecule has 2 rings (SSSR count). The molecule has 1 aromatic rings. The minimum absolute atomic E-state index is 0. The van der Waals surface area contributed by atoms with E-state index in [4.69, 9.17) is 10.5 Å². The molecule has 0 saturated carbocycles. The maximum absolute atomic E-state index is 13.0. The predicted molar refractivity (Wildman–Crippen MR) is 93.1 cm³/mol. The first-order valence-corrected chi connectivity index (χ1v) is 9.20. The molecule has 126 valence electrons. The Balaban J connectivity index is 0.00000242. The second-order valence-electron chi connectivity index (χ2n) is 5.33. The highest BCUT2D eigenvalue weighted by atomic mass is 79.9.